The lowest BCUT2D eigenvalue weighted by Crippen LogP contribution is -2.14. The molecule has 1 aliphatic rings. The van der Waals surface area contributed by atoms with Gasteiger partial charge in [-0.25, -0.2) is 4.98 Å². The molecule has 0 amide bonds. The molecule has 2 heterocycles. The smallest absolute Gasteiger partial charge is 0.134 e. The maximum atomic E-state index is 5.57. The summed E-state index contributed by atoms with van der Waals surface area (Å²) >= 11 is 1.74. The van der Waals surface area contributed by atoms with Gasteiger partial charge in [0, 0.05) is 29.0 Å². The molecule has 0 aliphatic heterocycles. The monoisotopic (exact) mass is 270 g/mol. The van der Waals surface area contributed by atoms with Crippen LogP contribution in [-0.4, -0.2) is 11.0 Å². The predicted octanol–water partition coefficient (Wildman–Crippen LogP) is 3.81. The third-order valence-electron chi connectivity index (χ3n) is 3.41. The van der Waals surface area contributed by atoms with Crippen LogP contribution in [0.2, 0.25) is 0 Å². The lowest BCUT2D eigenvalue weighted by atomic mass is 10.2. The van der Waals surface area contributed by atoms with E-state index < -0.39 is 0 Å². The number of hydrogen-bond donors (Lipinski definition) is 1. The molecule has 1 aliphatic carbocycles. The molecular weight excluding hydrogens is 256 g/mol. The van der Waals surface area contributed by atoms with Crippen LogP contribution < -0.4 is 5.32 Å². The number of thiazole rings is 1. The molecule has 19 heavy (non-hydrogen) atoms. The number of furan rings is 1. The van der Waals surface area contributed by atoms with Gasteiger partial charge in [-0.15, -0.1) is 11.3 Å². The van der Waals surface area contributed by atoms with E-state index in [1.807, 2.05) is 30.7 Å². The normalized spacial score (nSPS) is 15.2. The maximum absolute atomic E-state index is 5.57. The first-order valence-electron chi connectivity index (χ1n) is 6.55. The molecule has 0 spiro atoms. The largest absolute Gasteiger partial charge is 0.464 e. The lowest BCUT2D eigenvalue weighted by Gasteiger charge is -1.97. The Bertz CT molecular complexity index is 712. The van der Waals surface area contributed by atoms with Crippen molar-refractivity contribution in [3.63, 3.8) is 0 Å². The summed E-state index contributed by atoms with van der Waals surface area (Å²) in [7, 11) is 0. The average Bonchev–Trinajstić information content (AvgIpc) is 3.00. The molecule has 0 unspecified atom stereocenters. The fraction of sp³-hybridized carbons (Fsp3) is 0.267. The van der Waals surface area contributed by atoms with Gasteiger partial charge in [-0.3, -0.25) is 0 Å². The molecule has 0 bridgehead atoms. The fourth-order valence-corrected chi connectivity index (χ4v) is 3.07. The number of rotatable bonds is 4. The van der Waals surface area contributed by atoms with Crippen molar-refractivity contribution >= 4 is 22.3 Å². The van der Waals surface area contributed by atoms with Crippen molar-refractivity contribution in [1.29, 1.82) is 0 Å². The van der Waals surface area contributed by atoms with Gasteiger partial charge >= 0.3 is 0 Å². The zero-order valence-corrected chi connectivity index (χ0v) is 11.2. The molecule has 96 valence electrons. The predicted molar refractivity (Wildman–Crippen MR) is 77.2 cm³/mol. The van der Waals surface area contributed by atoms with Crippen LogP contribution in [0.5, 0.6) is 0 Å². The summed E-state index contributed by atoms with van der Waals surface area (Å²) < 4.78 is 5.57. The van der Waals surface area contributed by atoms with Crippen LogP contribution >= 0.6 is 11.3 Å². The van der Waals surface area contributed by atoms with Gasteiger partial charge in [0.1, 0.15) is 16.9 Å². The second kappa shape index (κ2) is 4.47. The third kappa shape index (κ3) is 2.17. The van der Waals surface area contributed by atoms with E-state index >= 15 is 0 Å². The first kappa shape index (κ1) is 11.2. The average molecular weight is 270 g/mol. The summed E-state index contributed by atoms with van der Waals surface area (Å²) in [6, 6.07) is 8.83. The van der Waals surface area contributed by atoms with Gasteiger partial charge < -0.3 is 9.73 Å². The van der Waals surface area contributed by atoms with Crippen molar-refractivity contribution in [2.45, 2.75) is 25.4 Å². The number of nitrogens with zero attached hydrogens (tertiary/aromatic N) is 1. The van der Waals surface area contributed by atoms with Gasteiger partial charge in [-0.1, -0.05) is 18.2 Å². The second-order valence-electron chi connectivity index (χ2n) is 4.93. The molecule has 4 heteroatoms. The zero-order valence-electron chi connectivity index (χ0n) is 10.4. The van der Waals surface area contributed by atoms with Crippen molar-refractivity contribution in [3.8, 4) is 10.6 Å². The van der Waals surface area contributed by atoms with Crippen molar-refractivity contribution in [2.24, 2.45) is 0 Å². The summed E-state index contributed by atoms with van der Waals surface area (Å²) in [4.78, 5) is 5.81. The van der Waals surface area contributed by atoms with Gasteiger partial charge in [-0.2, -0.15) is 0 Å². The SMILES string of the molecule is c1ccc2c(-c3ncc(CNC4CC4)s3)coc2c1. The highest BCUT2D eigenvalue weighted by Gasteiger charge is 2.20. The molecule has 4 rings (SSSR count). The minimum atomic E-state index is 0.736. The Kier molecular flexibility index (Phi) is 2.64. The number of benzene rings is 1. The topological polar surface area (TPSA) is 38.1 Å². The summed E-state index contributed by atoms with van der Waals surface area (Å²) in [5.41, 5.74) is 2.02. The Morgan fingerprint density at radius 1 is 1.32 bits per heavy atom. The van der Waals surface area contributed by atoms with E-state index in [0.717, 1.165) is 34.1 Å². The highest BCUT2D eigenvalue weighted by molar-refractivity contribution is 7.15. The Balaban J connectivity index is 1.64. The number of nitrogens with one attached hydrogen (secondary N) is 1. The lowest BCUT2D eigenvalue weighted by molar-refractivity contribution is 0.617. The Hall–Kier alpha value is -1.65. The van der Waals surface area contributed by atoms with Crippen LogP contribution in [-0.2, 0) is 6.54 Å². The minimum absolute atomic E-state index is 0.736. The summed E-state index contributed by atoms with van der Waals surface area (Å²) in [6.45, 7) is 0.929. The highest BCUT2D eigenvalue weighted by Crippen LogP contribution is 2.33. The van der Waals surface area contributed by atoms with Gasteiger partial charge in [0.25, 0.3) is 0 Å². The van der Waals surface area contributed by atoms with Gasteiger partial charge in [-0.05, 0) is 18.9 Å². The van der Waals surface area contributed by atoms with Crippen LogP contribution in [0.3, 0.4) is 0 Å². The Morgan fingerprint density at radius 3 is 3.11 bits per heavy atom. The van der Waals surface area contributed by atoms with E-state index in [0.29, 0.717) is 0 Å². The molecule has 0 saturated heterocycles. The van der Waals surface area contributed by atoms with Crippen molar-refractivity contribution < 1.29 is 4.42 Å². The highest BCUT2D eigenvalue weighted by atomic mass is 32.1. The standard InChI is InChI=1S/C15H14N2OS/c1-2-4-14-12(3-1)13(9-18-14)15-17-8-11(19-15)7-16-10-5-6-10/h1-4,8-10,16H,5-7H2. The summed E-state index contributed by atoms with van der Waals surface area (Å²) in [6.07, 6.45) is 6.41. The van der Waals surface area contributed by atoms with Gasteiger partial charge in [0.15, 0.2) is 0 Å². The number of para-hydroxylation sites is 1. The molecule has 3 aromatic rings. The van der Waals surface area contributed by atoms with Crippen molar-refractivity contribution in [1.82, 2.24) is 10.3 Å². The second-order valence-corrected chi connectivity index (χ2v) is 6.05. The fourth-order valence-electron chi connectivity index (χ4n) is 2.19. The van der Waals surface area contributed by atoms with Crippen LogP contribution in [0.1, 0.15) is 17.7 Å². The maximum Gasteiger partial charge on any atom is 0.134 e. The summed E-state index contributed by atoms with van der Waals surface area (Å²) in [5, 5.41) is 5.69. The third-order valence-corrected chi connectivity index (χ3v) is 4.44. The van der Waals surface area contributed by atoms with Gasteiger partial charge in [0.05, 0.1) is 5.56 Å². The first-order chi connectivity index (χ1) is 9.40. The van der Waals surface area contributed by atoms with E-state index in [4.69, 9.17) is 4.42 Å². The molecule has 3 nitrogen and oxygen atoms in total. The van der Waals surface area contributed by atoms with E-state index in [1.165, 1.54) is 17.7 Å². The van der Waals surface area contributed by atoms with E-state index in [9.17, 15) is 0 Å². The van der Waals surface area contributed by atoms with Gasteiger partial charge in [0.2, 0.25) is 0 Å². The van der Waals surface area contributed by atoms with Crippen molar-refractivity contribution in [2.75, 3.05) is 0 Å². The molecule has 1 fully saturated rings. The number of fused-ring (bicyclic) bond motifs is 1. The van der Waals surface area contributed by atoms with Crippen LogP contribution in [0, 0.1) is 0 Å². The van der Waals surface area contributed by atoms with Crippen LogP contribution in [0.15, 0.2) is 41.1 Å². The first-order valence-corrected chi connectivity index (χ1v) is 7.36. The number of aromatic nitrogens is 1. The molecule has 1 N–H and O–H groups in total. The van der Waals surface area contributed by atoms with Crippen molar-refractivity contribution in [3.05, 3.63) is 41.6 Å². The van der Waals surface area contributed by atoms with E-state index in [2.05, 4.69) is 16.4 Å². The molecular formula is C15H14N2OS. The molecule has 1 saturated carbocycles. The molecule has 0 radical (unpaired) electrons. The minimum Gasteiger partial charge on any atom is -0.464 e. The molecule has 0 atom stereocenters. The van der Waals surface area contributed by atoms with Crippen LogP contribution in [0.25, 0.3) is 21.5 Å². The van der Waals surface area contributed by atoms with Crippen LogP contribution in [0.4, 0.5) is 0 Å². The Morgan fingerprint density at radius 2 is 2.21 bits per heavy atom. The quantitative estimate of drug-likeness (QED) is 0.783. The summed E-state index contributed by atoms with van der Waals surface area (Å²) in [5.74, 6) is 0. The Labute approximate surface area is 115 Å². The number of hydrogen-bond acceptors (Lipinski definition) is 4. The molecule has 2 aromatic heterocycles. The van der Waals surface area contributed by atoms with E-state index in [1.54, 1.807) is 11.3 Å². The zero-order chi connectivity index (χ0) is 12.7. The van der Waals surface area contributed by atoms with E-state index in [-0.39, 0.29) is 0 Å². The molecule has 1 aromatic carbocycles.